The zero-order valence-electron chi connectivity index (χ0n) is 15.6. The predicted octanol–water partition coefficient (Wildman–Crippen LogP) is 4.07. The Balaban J connectivity index is 2.11. The van der Waals surface area contributed by atoms with Gasteiger partial charge in [-0.2, -0.15) is 4.31 Å². The highest BCUT2D eigenvalue weighted by atomic mass is 32.2. The lowest BCUT2D eigenvalue weighted by atomic mass is 10.1. The fraction of sp³-hybridized carbons (Fsp3) is 0.350. The van der Waals surface area contributed by atoms with E-state index in [2.05, 4.69) is 0 Å². The van der Waals surface area contributed by atoms with Gasteiger partial charge in [0.15, 0.2) is 0 Å². The predicted molar refractivity (Wildman–Crippen MR) is 106 cm³/mol. The van der Waals surface area contributed by atoms with Crippen LogP contribution in [0, 0.1) is 6.92 Å². The third-order valence-corrected chi connectivity index (χ3v) is 7.42. The number of carbonyl (C=O) groups excluding carboxylic acids is 1. The molecule has 0 bridgehead atoms. The maximum Gasteiger partial charge on any atom is 0.335 e. The lowest BCUT2D eigenvalue weighted by molar-refractivity contribution is -0.138. The summed E-state index contributed by atoms with van der Waals surface area (Å²) < 4.78 is 33.6. The zero-order chi connectivity index (χ0) is 19.6. The van der Waals surface area contributed by atoms with Crippen LogP contribution in [0.5, 0.6) is 0 Å². The highest BCUT2D eigenvalue weighted by molar-refractivity contribution is 7.89. The summed E-state index contributed by atoms with van der Waals surface area (Å²) in [6, 6.07) is 9.45. The Labute approximate surface area is 164 Å². The summed E-state index contributed by atoms with van der Waals surface area (Å²) in [5.41, 5.74) is 1.38. The van der Waals surface area contributed by atoms with E-state index in [1.165, 1.54) is 15.6 Å². The second-order valence-corrected chi connectivity index (χ2v) is 9.21. The van der Waals surface area contributed by atoms with Gasteiger partial charge >= 0.3 is 5.97 Å². The van der Waals surface area contributed by atoms with Gasteiger partial charge < -0.3 is 4.74 Å². The maximum absolute atomic E-state index is 13.5. The fourth-order valence-electron chi connectivity index (χ4n) is 3.27. The van der Waals surface area contributed by atoms with Crippen LogP contribution in [0.2, 0.25) is 0 Å². The average molecular weight is 406 g/mol. The first-order chi connectivity index (χ1) is 12.9. The normalized spacial score (nSPS) is 20.5. The number of thiophene rings is 1. The first-order valence-electron chi connectivity index (χ1n) is 8.92. The Bertz CT molecular complexity index is 931. The standard InChI is InChI=1S/C20H23NO4S2/c1-4-15-13-17(20(22)25-5-2)19(18-7-6-12-26-18)21(15)27(23,24)16-10-8-14(3)9-11-16/h6-13,15,19H,4-5H2,1-3H3/t15-,19-/m1/s1. The lowest BCUT2D eigenvalue weighted by Gasteiger charge is -2.29. The molecule has 5 nitrogen and oxygen atoms in total. The van der Waals surface area contributed by atoms with E-state index in [0.717, 1.165) is 10.4 Å². The van der Waals surface area contributed by atoms with Crippen LogP contribution >= 0.6 is 11.3 Å². The van der Waals surface area contributed by atoms with Crippen molar-refractivity contribution in [3.05, 3.63) is 63.9 Å². The van der Waals surface area contributed by atoms with E-state index < -0.39 is 28.1 Å². The highest BCUT2D eigenvalue weighted by Gasteiger charge is 2.46. The molecular weight excluding hydrogens is 382 g/mol. The minimum absolute atomic E-state index is 0.228. The molecule has 0 unspecified atom stereocenters. The van der Waals surface area contributed by atoms with Gasteiger partial charge in [-0.25, -0.2) is 13.2 Å². The quantitative estimate of drug-likeness (QED) is 0.680. The Morgan fingerprint density at radius 3 is 2.44 bits per heavy atom. The van der Waals surface area contributed by atoms with Crippen molar-refractivity contribution >= 4 is 27.3 Å². The minimum atomic E-state index is -3.79. The van der Waals surface area contributed by atoms with Crippen molar-refractivity contribution in [1.29, 1.82) is 0 Å². The molecule has 1 aromatic heterocycles. The molecule has 0 N–H and O–H groups in total. The van der Waals surface area contributed by atoms with Crippen LogP contribution in [0.15, 0.2) is 58.3 Å². The van der Waals surface area contributed by atoms with E-state index in [-0.39, 0.29) is 11.5 Å². The van der Waals surface area contributed by atoms with Crippen LogP contribution in [0.1, 0.15) is 36.8 Å². The first-order valence-corrected chi connectivity index (χ1v) is 11.2. The Kier molecular flexibility index (Phi) is 5.83. The van der Waals surface area contributed by atoms with Crippen molar-refractivity contribution in [3.63, 3.8) is 0 Å². The second kappa shape index (κ2) is 7.96. The molecule has 0 saturated carbocycles. The van der Waals surface area contributed by atoms with Crippen molar-refractivity contribution in [2.45, 2.75) is 44.2 Å². The molecular formula is C20H23NO4S2. The van der Waals surface area contributed by atoms with Crippen LogP contribution in [0.25, 0.3) is 0 Å². The number of hydrogen-bond acceptors (Lipinski definition) is 5. The average Bonchev–Trinajstić information content (AvgIpc) is 3.29. The van der Waals surface area contributed by atoms with Crippen LogP contribution in [0.3, 0.4) is 0 Å². The molecule has 1 aliphatic rings. The lowest BCUT2D eigenvalue weighted by Crippen LogP contribution is -2.38. The minimum Gasteiger partial charge on any atom is -0.463 e. The van der Waals surface area contributed by atoms with E-state index in [4.69, 9.17) is 4.74 Å². The monoisotopic (exact) mass is 405 g/mol. The number of nitrogens with zero attached hydrogens (tertiary/aromatic N) is 1. The van der Waals surface area contributed by atoms with Gasteiger partial charge in [-0.05, 0) is 43.8 Å². The molecule has 144 valence electrons. The molecule has 0 radical (unpaired) electrons. The van der Waals surface area contributed by atoms with Gasteiger partial charge in [0, 0.05) is 10.9 Å². The maximum atomic E-state index is 13.5. The van der Waals surface area contributed by atoms with Crippen LogP contribution in [0.4, 0.5) is 0 Å². The van der Waals surface area contributed by atoms with Crippen molar-refractivity contribution in [3.8, 4) is 0 Å². The van der Waals surface area contributed by atoms with Gasteiger partial charge in [0.1, 0.15) is 0 Å². The molecule has 2 aromatic rings. The third-order valence-electron chi connectivity index (χ3n) is 4.59. The summed E-state index contributed by atoms with van der Waals surface area (Å²) >= 11 is 1.43. The molecule has 0 aliphatic carbocycles. The number of carbonyl (C=O) groups is 1. The molecule has 0 spiro atoms. The molecule has 2 heterocycles. The van der Waals surface area contributed by atoms with E-state index >= 15 is 0 Å². The van der Waals surface area contributed by atoms with Crippen molar-refractivity contribution in [1.82, 2.24) is 4.31 Å². The second-order valence-electron chi connectivity index (χ2n) is 6.38. The Morgan fingerprint density at radius 1 is 1.19 bits per heavy atom. The molecule has 27 heavy (non-hydrogen) atoms. The van der Waals surface area contributed by atoms with E-state index in [0.29, 0.717) is 12.0 Å². The van der Waals surface area contributed by atoms with Crippen LogP contribution in [-0.2, 0) is 19.6 Å². The molecule has 1 aliphatic heterocycles. The SMILES string of the molecule is CCOC(=O)C1=C[C@@H](CC)N(S(=O)(=O)c2ccc(C)cc2)[C@H]1c1cccs1. The molecule has 0 fully saturated rings. The number of sulfonamides is 1. The number of ether oxygens (including phenoxy) is 1. The summed E-state index contributed by atoms with van der Waals surface area (Å²) in [5.74, 6) is -0.462. The fourth-order valence-corrected chi connectivity index (χ4v) is 5.97. The summed E-state index contributed by atoms with van der Waals surface area (Å²) in [5, 5.41) is 1.88. The van der Waals surface area contributed by atoms with Gasteiger partial charge in [0.2, 0.25) is 10.0 Å². The van der Waals surface area contributed by atoms with Gasteiger partial charge in [0.25, 0.3) is 0 Å². The number of hydrogen-bond donors (Lipinski definition) is 0. The Hall–Kier alpha value is -1.96. The van der Waals surface area contributed by atoms with E-state index in [1.54, 1.807) is 37.3 Å². The van der Waals surface area contributed by atoms with E-state index in [9.17, 15) is 13.2 Å². The smallest absolute Gasteiger partial charge is 0.335 e. The summed E-state index contributed by atoms with van der Waals surface area (Å²) in [6.45, 7) is 5.81. The van der Waals surface area contributed by atoms with Gasteiger partial charge in [-0.3, -0.25) is 0 Å². The largest absolute Gasteiger partial charge is 0.463 e. The first kappa shape index (κ1) is 19.8. The molecule has 3 rings (SSSR count). The molecule has 7 heteroatoms. The van der Waals surface area contributed by atoms with Crippen LogP contribution < -0.4 is 0 Å². The summed E-state index contributed by atoms with van der Waals surface area (Å²) in [4.78, 5) is 13.6. The van der Waals surface area contributed by atoms with Crippen molar-refractivity contribution < 1.29 is 17.9 Å². The number of aryl methyl sites for hydroxylation is 1. The number of esters is 1. The number of rotatable bonds is 6. The zero-order valence-corrected chi connectivity index (χ0v) is 17.2. The van der Waals surface area contributed by atoms with Gasteiger partial charge in [-0.1, -0.05) is 36.8 Å². The number of benzene rings is 1. The molecule has 2 atom stereocenters. The van der Waals surface area contributed by atoms with Gasteiger partial charge in [-0.15, -0.1) is 11.3 Å². The summed E-state index contributed by atoms with van der Waals surface area (Å²) in [7, 11) is -3.79. The highest BCUT2D eigenvalue weighted by Crippen LogP contribution is 2.43. The Morgan fingerprint density at radius 2 is 1.89 bits per heavy atom. The van der Waals surface area contributed by atoms with Gasteiger partial charge in [0.05, 0.1) is 23.1 Å². The third kappa shape index (κ3) is 3.72. The molecule has 0 amide bonds. The van der Waals surface area contributed by atoms with Crippen LogP contribution in [-0.4, -0.2) is 31.3 Å². The summed E-state index contributed by atoms with van der Waals surface area (Å²) in [6.07, 6.45) is 2.31. The van der Waals surface area contributed by atoms with Crippen molar-refractivity contribution in [2.24, 2.45) is 0 Å². The topological polar surface area (TPSA) is 63.7 Å². The van der Waals surface area contributed by atoms with E-state index in [1.807, 2.05) is 31.4 Å². The molecule has 1 aromatic carbocycles. The molecule has 0 saturated heterocycles. The van der Waals surface area contributed by atoms with Crippen molar-refractivity contribution in [2.75, 3.05) is 6.61 Å².